The Morgan fingerprint density at radius 1 is 1.14 bits per heavy atom. The van der Waals surface area contributed by atoms with Gasteiger partial charge in [0, 0.05) is 5.56 Å². The Bertz CT molecular complexity index is 1470. The van der Waals surface area contributed by atoms with Crippen molar-refractivity contribution in [2.45, 2.75) is 31.6 Å². The van der Waals surface area contributed by atoms with E-state index in [1.807, 2.05) is 13.0 Å². The van der Waals surface area contributed by atoms with Gasteiger partial charge in [0.25, 0.3) is 5.91 Å². The molecule has 1 aliphatic rings. The summed E-state index contributed by atoms with van der Waals surface area (Å²) in [6, 6.07) is 16.0. The number of esters is 1. The summed E-state index contributed by atoms with van der Waals surface area (Å²) in [6.45, 7) is 4.09. The molecule has 4 rings (SSSR count). The first kappa shape index (κ1) is 25.1. The zero-order valence-corrected chi connectivity index (χ0v) is 20.6. The van der Waals surface area contributed by atoms with E-state index in [-0.39, 0.29) is 16.8 Å². The van der Waals surface area contributed by atoms with Gasteiger partial charge in [-0.25, -0.2) is 18.4 Å². The number of ether oxygens (including phenoxy) is 1. The third-order valence-electron chi connectivity index (χ3n) is 5.50. The standard InChI is InChI=1S/C26H25N3O6S/c1-3-4-14-34-26(31)19-7-5-6-18(15-19)24-13-10-21(35-24)16-23-17(2)28-29(25(23)30)20-8-11-22(12-9-20)36(27,32)33/h5-13,15-16H,3-4,14H2,1-2H3,(H2,27,32,33). The van der Waals surface area contributed by atoms with Crippen LogP contribution in [0, 0.1) is 0 Å². The number of nitrogens with two attached hydrogens (primary N) is 1. The highest BCUT2D eigenvalue weighted by atomic mass is 32.2. The van der Waals surface area contributed by atoms with Crippen LogP contribution in [0.4, 0.5) is 5.69 Å². The summed E-state index contributed by atoms with van der Waals surface area (Å²) in [5.74, 6) is 0.191. The number of benzene rings is 2. The van der Waals surface area contributed by atoms with Crippen molar-refractivity contribution in [1.29, 1.82) is 0 Å². The molecule has 2 N–H and O–H groups in total. The molecule has 36 heavy (non-hydrogen) atoms. The van der Waals surface area contributed by atoms with Gasteiger partial charge >= 0.3 is 5.97 Å². The fraction of sp³-hybridized carbons (Fsp3) is 0.192. The fourth-order valence-corrected chi connectivity index (χ4v) is 4.07. The molecule has 9 nitrogen and oxygen atoms in total. The van der Waals surface area contributed by atoms with Crippen molar-refractivity contribution in [3.05, 3.63) is 77.6 Å². The zero-order valence-electron chi connectivity index (χ0n) is 19.8. The summed E-state index contributed by atoms with van der Waals surface area (Å²) in [6.07, 6.45) is 3.33. The Hall–Kier alpha value is -4.02. The van der Waals surface area contributed by atoms with Crippen molar-refractivity contribution in [1.82, 2.24) is 0 Å². The number of furan rings is 1. The maximum atomic E-state index is 13.0. The molecule has 1 amide bonds. The van der Waals surface area contributed by atoms with Gasteiger partial charge in [0.05, 0.1) is 34.0 Å². The molecular formula is C26H25N3O6S. The number of primary sulfonamides is 1. The Morgan fingerprint density at radius 3 is 2.58 bits per heavy atom. The van der Waals surface area contributed by atoms with E-state index in [0.717, 1.165) is 12.8 Å². The SMILES string of the molecule is CCCCOC(=O)c1cccc(-c2ccc(C=C3C(=O)N(c4ccc(S(N)(=O)=O)cc4)N=C3C)o2)c1. The first-order valence-electron chi connectivity index (χ1n) is 11.3. The fourth-order valence-electron chi connectivity index (χ4n) is 3.56. The predicted octanol–water partition coefficient (Wildman–Crippen LogP) is 4.36. The van der Waals surface area contributed by atoms with Gasteiger partial charge in [0.2, 0.25) is 10.0 Å². The van der Waals surface area contributed by atoms with Crippen LogP contribution in [0.25, 0.3) is 17.4 Å². The van der Waals surface area contributed by atoms with Crippen molar-refractivity contribution in [2.24, 2.45) is 10.2 Å². The van der Waals surface area contributed by atoms with E-state index in [4.69, 9.17) is 14.3 Å². The van der Waals surface area contributed by atoms with E-state index in [1.165, 1.54) is 29.3 Å². The Kier molecular flexibility index (Phi) is 7.18. The molecule has 1 aromatic heterocycles. The summed E-state index contributed by atoms with van der Waals surface area (Å²) < 4.78 is 34.1. The zero-order chi connectivity index (χ0) is 25.9. The average molecular weight is 508 g/mol. The van der Waals surface area contributed by atoms with E-state index in [1.54, 1.807) is 43.3 Å². The van der Waals surface area contributed by atoms with E-state index in [9.17, 15) is 18.0 Å². The number of rotatable bonds is 8. The highest BCUT2D eigenvalue weighted by Crippen LogP contribution is 2.28. The highest BCUT2D eigenvalue weighted by Gasteiger charge is 2.29. The molecule has 10 heteroatoms. The van der Waals surface area contributed by atoms with Crippen LogP contribution in [0.15, 0.2) is 80.7 Å². The first-order valence-corrected chi connectivity index (χ1v) is 12.8. The normalized spacial score (nSPS) is 14.9. The molecule has 0 saturated carbocycles. The molecule has 0 atom stereocenters. The Balaban J connectivity index is 1.52. The molecule has 2 heterocycles. The number of hydrogen-bond acceptors (Lipinski definition) is 7. The van der Waals surface area contributed by atoms with Gasteiger partial charge in [-0.3, -0.25) is 4.79 Å². The molecule has 2 aromatic carbocycles. The average Bonchev–Trinajstić information content (AvgIpc) is 3.44. The van der Waals surface area contributed by atoms with Crippen molar-refractivity contribution < 1.29 is 27.2 Å². The number of carbonyl (C=O) groups is 2. The number of carbonyl (C=O) groups excluding carboxylic acids is 2. The molecule has 186 valence electrons. The second-order valence-electron chi connectivity index (χ2n) is 8.17. The van der Waals surface area contributed by atoms with Gasteiger partial charge in [-0.05, 0) is 68.0 Å². The molecule has 0 radical (unpaired) electrons. The predicted molar refractivity (Wildman–Crippen MR) is 136 cm³/mol. The van der Waals surface area contributed by atoms with Crippen LogP contribution in [0.1, 0.15) is 42.8 Å². The van der Waals surface area contributed by atoms with Gasteiger partial charge in [-0.2, -0.15) is 10.1 Å². The topological polar surface area (TPSA) is 132 Å². The van der Waals surface area contributed by atoms with Crippen LogP contribution in [0.3, 0.4) is 0 Å². The lowest BCUT2D eigenvalue weighted by Gasteiger charge is -2.11. The summed E-state index contributed by atoms with van der Waals surface area (Å²) in [4.78, 5) is 25.2. The summed E-state index contributed by atoms with van der Waals surface area (Å²) in [5, 5.41) is 10.6. The number of hydrazone groups is 1. The van der Waals surface area contributed by atoms with Crippen LogP contribution in [0.2, 0.25) is 0 Å². The number of sulfonamides is 1. The van der Waals surface area contributed by atoms with Crippen LogP contribution in [0.5, 0.6) is 0 Å². The molecule has 0 spiro atoms. The molecule has 0 saturated heterocycles. The third kappa shape index (κ3) is 5.45. The number of unbranched alkanes of at least 4 members (excludes halogenated alkanes) is 1. The molecule has 0 unspecified atom stereocenters. The lowest BCUT2D eigenvalue weighted by atomic mass is 10.1. The number of hydrogen-bond donors (Lipinski definition) is 1. The number of amides is 1. The summed E-state index contributed by atoms with van der Waals surface area (Å²) >= 11 is 0. The first-order chi connectivity index (χ1) is 17.2. The van der Waals surface area contributed by atoms with Gasteiger partial charge in [-0.1, -0.05) is 25.5 Å². The van der Waals surface area contributed by atoms with Crippen molar-refractivity contribution in [3.63, 3.8) is 0 Å². The largest absolute Gasteiger partial charge is 0.462 e. The van der Waals surface area contributed by atoms with E-state index >= 15 is 0 Å². The molecule has 3 aromatic rings. The molecule has 0 bridgehead atoms. The van der Waals surface area contributed by atoms with Gasteiger partial charge in [-0.15, -0.1) is 0 Å². The minimum Gasteiger partial charge on any atom is -0.462 e. The lowest BCUT2D eigenvalue weighted by molar-refractivity contribution is -0.114. The maximum Gasteiger partial charge on any atom is 0.338 e. The smallest absolute Gasteiger partial charge is 0.338 e. The van der Waals surface area contributed by atoms with Crippen LogP contribution in [-0.4, -0.2) is 32.6 Å². The van der Waals surface area contributed by atoms with Crippen molar-refractivity contribution >= 4 is 39.4 Å². The highest BCUT2D eigenvalue weighted by molar-refractivity contribution is 7.89. The van der Waals surface area contributed by atoms with Gasteiger partial charge in [0.1, 0.15) is 11.5 Å². The lowest BCUT2D eigenvalue weighted by Crippen LogP contribution is -2.21. The second-order valence-corrected chi connectivity index (χ2v) is 9.73. The molecule has 1 aliphatic heterocycles. The number of anilines is 1. The van der Waals surface area contributed by atoms with Gasteiger partial charge in [0.15, 0.2) is 0 Å². The van der Waals surface area contributed by atoms with E-state index < -0.39 is 10.0 Å². The summed E-state index contributed by atoms with van der Waals surface area (Å²) in [5.41, 5.74) is 2.34. The van der Waals surface area contributed by atoms with E-state index in [2.05, 4.69) is 5.10 Å². The van der Waals surface area contributed by atoms with Crippen molar-refractivity contribution in [2.75, 3.05) is 11.6 Å². The minimum absolute atomic E-state index is 0.0595. The Morgan fingerprint density at radius 2 is 1.89 bits per heavy atom. The third-order valence-corrected chi connectivity index (χ3v) is 6.43. The number of nitrogens with zero attached hydrogens (tertiary/aromatic N) is 2. The minimum atomic E-state index is -3.84. The quantitative estimate of drug-likeness (QED) is 0.274. The maximum absolute atomic E-state index is 13.0. The van der Waals surface area contributed by atoms with Gasteiger partial charge < -0.3 is 9.15 Å². The van der Waals surface area contributed by atoms with Crippen molar-refractivity contribution in [3.8, 4) is 11.3 Å². The molecule has 0 fully saturated rings. The van der Waals surface area contributed by atoms with Crippen LogP contribution < -0.4 is 10.1 Å². The summed E-state index contributed by atoms with van der Waals surface area (Å²) in [7, 11) is -3.84. The van der Waals surface area contributed by atoms with Crippen LogP contribution in [-0.2, 0) is 19.6 Å². The Labute approximate surface area is 208 Å². The molecule has 0 aliphatic carbocycles. The molecular weight excluding hydrogens is 482 g/mol. The second kappa shape index (κ2) is 10.3. The van der Waals surface area contributed by atoms with E-state index in [0.29, 0.717) is 46.2 Å². The van der Waals surface area contributed by atoms with Crippen LogP contribution >= 0.6 is 0 Å². The monoisotopic (exact) mass is 507 g/mol.